The van der Waals surface area contributed by atoms with E-state index in [0.29, 0.717) is 28.0 Å². The Morgan fingerprint density at radius 1 is 1.09 bits per heavy atom. The summed E-state index contributed by atoms with van der Waals surface area (Å²) < 4.78 is 13.3. The lowest BCUT2D eigenvalue weighted by Crippen LogP contribution is -2.45. The average molecular weight is 465 g/mol. The first kappa shape index (κ1) is 21.5. The number of amides is 1. The lowest BCUT2D eigenvalue weighted by molar-refractivity contribution is -0.120. The van der Waals surface area contributed by atoms with E-state index in [1.165, 1.54) is 0 Å². The van der Waals surface area contributed by atoms with Crippen molar-refractivity contribution < 1.29 is 14.2 Å². The Bertz CT molecular complexity index is 1200. The lowest BCUT2D eigenvalue weighted by atomic mass is 10.0. The second-order valence-corrected chi connectivity index (χ2v) is 9.50. The number of aromatic nitrogens is 2. The third kappa shape index (κ3) is 4.08. The Kier molecular flexibility index (Phi) is 5.57. The molecule has 33 heavy (non-hydrogen) atoms. The highest BCUT2D eigenvalue weighted by Gasteiger charge is 2.37. The van der Waals surface area contributed by atoms with Crippen molar-refractivity contribution in [2.45, 2.75) is 29.8 Å². The molecule has 0 bridgehead atoms. The van der Waals surface area contributed by atoms with Crippen LogP contribution in [0.15, 0.2) is 65.7 Å². The molecule has 2 unspecified atom stereocenters. The Labute approximate surface area is 194 Å². The third-order valence-corrected chi connectivity index (χ3v) is 7.17. The monoisotopic (exact) mass is 464 g/mol. The quantitative estimate of drug-likeness (QED) is 0.540. The van der Waals surface area contributed by atoms with Gasteiger partial charge in [-0.1, -0.05) is 30.3 Å². The van der Waals surface area contributed by atoms with Crippen LogP contribution in [-0.2, 0) is 15.8 Å². The number of anilines is 4. The maximum atomic E-state index is 13.0. The highest BCUT2D eigenvalue weighted by atomic mass is 32.2. The number of rotatable bonds is 6. The molecule has 5 rings (SSSR count). The standard InChI is InChI=1S/C23H24N6O3S/c1-27-19-14-24-23(25-16-8-12-18(13-9-16)33(32)29(31)17-10-11-17)26-21(19)28(2)20(22(27)30)15-6-4-3-5-7-15/h3-9,12-14,17,20,31H,10-11H2,1-2H3,(H,24,25,26). The number of benzene rings is 2. The van der Waals surface area contributed by atoms with Crippen molar-refractivity contribution in [3.63, 3.8) is 0 Å². The number of likely N-dealkylation sites (N-methyl/N-ethyl adjacent to an activating group) is 2. The van der Waals surface area contributed by atoms with E-state index < -0.39 is 17.0 Å². The summed E-state index contributed by atoms with van der Waals surface area (Å²) in [6.07, 6.45) is 3.35. The van der Waals surface area contributed by atoms with E-state index in [1.54, 1.807) is 42.4 Å². The van der Waals surface area contributed by atoms with Crippen LogP contribution in [0.25, 0.3) is 0 Å². The third-order valence-electron chi connectivity index (χ3n) is 5.85. The van der Waals surface area contributed by atoms with Crippen LogP contribution in [0.2, 0.25) is 0 Å². The van der Waals surface area contributed by atoms with Gasteiger partial charge in [0.25, 0.3) is 5.91 Å². The van der Waals surface area contributed by atoms with Crippen LogP contribution in [0, 0.1) is 0 Å². The molecule has 1 fully saturated rings. The van der Waals surface area contributed by atoms with E-state index in [1.807, 2.05) is 42.3 Å². The fourth-order valence-corrected chi connectivity index (χ4v) is 4.90. The Morgan fingerprint density at radius 2 is 1.79 bits per heavy atom. The fourth-order valence-electron chi connectivity index (χ4n) is 3.84. The molecule has 2 heterocycles. The van der Waals surface area contributed by atoms with Crippen molar-refractivity contribution in [1.29, 1.82) is 0 Å². The predicted molar refractivity (Wildman–Crippen MR) is 126 cm³/mol. The van der Waals surface area contributed by atoms with E-state index in [0.717, 1.165) is 22.9 Å². The number of carbonyl (C=O) groups excluding carboxylic acids is 1. The van der Waals surface area contributed by atoms with E-state index in [-0.39, 0.29) is 11.9 Å². The number of hydrogen-bond donors (Lipinski definition) is 2. The first-order chi connectivity index (χ1) is 15.9. The summed E-state index contributed by atoms with van der Waals surface area (Å²) in [5.74, 6) is 0.973. The smallest absolute Gasteiger partial charge is 0.254 e. The molecular formula is C23H24N6O3S. The first-order valence-electron chi connectivity index (χ1n) is 10.6. The molecule has 10 heteroatoms. The van der Waals surface area contributed by atoms with Crippen LogP contribution in [0.1, 0.15) is 24.4 Å². The zero-order chi connectivity index (χ0) is 23.1. The number of hydrogen-bond acceptors (Lipinski definition) is 7. The van der Waals surface area contributed by atoms with Gasteiger partial charge in [-0.05, 0) is 42.7 Å². The van der Waals surface area contributed by atoms with Crippen LogP contribution in [-0.4, -0.2) is 49.9 Å². The van der Waals surface area contributed by atoms with Gasteiger partial charge in [0.2, 0.25) is 5.95 Å². The van der Waals surface area contributed by atoms with Gasteiger partial charge >= 0.3 is 0 Å². The summed E-state index contributed by atoms with van der Waals surface area (Å²) >= 11 is 0. The van der Waals surface area contributed by atoms with Crippen LogP contribution >= 0.6 is 0 Å². The number of nitrogens with one attached hydrogen (secondary N) is 1. The Hall–Kier alpha value is -3.34. The van der Waals surface area contributed by atoms with Crippen molar-refractivity contribution in [2.24, 2.45) is 0 Å². The van der Waals surface area contributed by atoms with Crippen LogP contribution in [0.5, 0.6) is 0 Å². The summed E-state index contributed by atoms with van der Waals surface area (Å²) in [5, 5.41) is 13.1. The van der Waals surface area contributed by atoms with Gasteiger partial charge in [0.15, 0.2) is 16.8 Å². The highest BCUT2D eigenvalue weighted by molar-refractivity contribution is 7.82. The van der Waals surface area contributed by atoms with Gasteiger partial charge in [-0.2, -0.15) is 4.98 Å². The van der Waals surface area contributed by atoms with Crippen LogP contribution < -0.4 is 15.1 Å². The minimum atomic E-state index is -1.60. The van der Waals surface area contributed by atoms with Crippen molar-refractivity contribution in [1.82, 2.24) is 14.4 Å². The largest absolute Gasteiger partial charge is 0.342 e. The van der Waals surface area contributed by atoms with Gasteiger partial charge in [0, 0.05) is 25.8 Å². The number of fused-ring (bicyclic) bond motifs is 1. The van der Waals surface area contributed by atoms with Crippen LogP contribution in [0.4, 0.5) is 23.1 Å². The lowest BCUT2D eigenvalue weighted by Gasteiger charge is -2.38. The molecular weight excluding hydrogens is 440 g/mol. The van der Waals surface area contributed by atoms with Crippen molar-refractivity contribution in [3.8, 4) is 0 Å². The second-order valence-electron chi connectivity index (χ2n) is 8.16. The molecule has 1 aromatic heterocycles. The Balaban J connectivity index is 1.38. The van der Waals surface area contributed by atoms with Gasteiger partial charge in [0.05, 0.1) is 11.1 Å². The molecule has 1 saturated carbocycles. The molecule has 2 atom stereocenters. The van der Waals surface area contributed by atoms with Gasteiger partial charge in [-0.15, -0.1) is 4.47 Å². The van der Waals surface area contributed by atoms with Crippen molar-refractivity contribution >= 4 is 40.0 Å². The van der Waals surface area contributed by atoms with Gasteiger partial charge in [-0.3, -0.25) is 4.79 Å². The molecule has 3 aromatic rings. The Morgan fingerprint density at radius 3 is 2.45 bits per heavy atom. The van der Waals surface area contributed by atoms with E-state index in [2.05, 4.69) is 15.3 Å². The second kappa shape index (κ2) is 8.54. The first-order valence-corrected chi connectivity index (χ1v) is 11.7. The minimum absolute atomic E-state index is 0.0192. The van der Waals surface area contributed by atoms with Crippen molar-refractivity contribution in [3.05, 3.63) is 66.4 Å². The molecule has 2 aromatic carbocycles. The van der Waals surface area contributed by atoms with Crippen molar-refractivity contribution in [2.75, 3.05) is 29.2 Å². The molecule has 0 spiro atoms. The maximum absolute atomic E-state index is 13.0. The molecule has 1 aliphatic heterocycles. The molecule has 170 valence electrons. The molecule has 0 radical (unpaired) electrons. The maximum Gasteiger partial charge on any atom is 0.254 e. The van der Waals surface area contributed by atoms with Gasteiger partial charge in [0.1, 0.15) is 11.7 Å². The zero-order valence-electron chi connectivity index (χ0n) is 18.3. The molecule has 2 aliphatic rings. The number of carbonyl (C=O) groups is 1. The molecule has 0 saturated heterocycles. The normalized spacial score (nSPS) is 18.9. The fraction of sp³-hybridized carbons (Fsp3) is 0.261. The van der Waals surface area contributed by atoms with E-state index in [4.69, 9.17) is 0 Å². The SMILES string of the molecule is CN1C(=O)C(c2ccccc2)N(C)c2nc(Nc3ccc(S(=O)N(O)C4CC4)cc3)ncc21. The van der Waals surface area contributed by atoms with E-state index in [9.17, 15) is 14.2 Å². The molecule has 2 N–H and O–H groups in total. The summed E-state index contributed by atoms with van der Waals surface area (Å²) in [7, 11) is 1.98. The molecule has 9 nitrogen and oxygen atoms in total. The zero-order valence-corrected chi connectivity index (χ0v) is 19.1. The summed E-state index contributed by atoms with van der Waals surface area (Å²) in [5.41, 5.74) is 2.24. The minimum Gasteiger partial charge on any atom is -0.342 e. The van der Waals surface area contributed by atoms with Crippen LogP contribution in [0.3, 0.4) is 0 Å². The molecule has 1 aliphatic carbocycles. The van der Waals surface area contributed by atoms with Gasteiger partial charge in [-0.25, -0.2) is 9.19 Å². The highest BCUT2D eigenvalue weighted by Crippen LogP contribution is 2.39. The average Bonchev–Trinajstić information content (AvgIpc) is 3.69. The number of nitrogens with zero attached hydrogens (tertiary/aromatic N) is 5. The van der Waals surface area contributed by atoms with Gasteiger partial charge < -0.3 is 20.3 Å². The molecule has 1 amide bonds. The summed E-state index contributed by atoms with van der Waals surface area (Å²) in [4.78, 5) is 26.0. The van der Waals surface area contributed by atoms with E-state index >= 15 is 0 Å². The summed E-state index contributed by atoms with van der Waals surface area (Å²) in [6.45, 7) is 0. The predicted octanol–water partition coefficient (Wildman–Crippen LogP) is 3.25. The number of hydroxylamine groups is 1. The topological polar surface area (TPSA) is 102 Å². The summed E-state index contributed by atoms with van der Waals surface area (Å²) in [6, 6.07) is 16.0.